The molecule has 20 heavy (non-hydrogen) atoms. The molecule has 0 aromatic rings. The monoisotopic (exact) mass is 287 g/mol. The summed E-state index contributed by atoms with van der Waals surface area (Å²) in [5, 5.41) is 11.0. The summed E-state index contributed by atoms with van der Waals surface area (Å²) in [6.45, 7) is 10.1. The molecule has 0 aliphatic heterocycles. The Morgan fingerprint density at radius 1 is 0.900 bits per heavy atom. The largest absolute Gasteiger partial charge is 0.480 e. The number of carbonyl (C=O) groups excluding carboxylic acids is 2. The minimum atomic E-state index is -1.10. The summed E-state index contributed by atoms with van der Waals surface area (Å²) in [6, 6.07) is -2.07. The van der Waals surface area contributed by atoms with Gasteiger partial charge in [-0.1, -0.05) is 20.8 Å². The first kappa shape index (κ1) is 18.5. The number of carboxylic acids is 1. The molecule has 7 nitrogen and oxygen atoms in total. The first-order chi connectivity index (χ1) is 8.96. The Morgan fingerprint density at radius 3 is 1.75 bits per heavy atom. The summed E-state index contributed by atoms with van der Waals surface area (Å²) < 4.78 is 0. The van der Waals surface area contributed by atoms with E-state index in [0.717, 1.165) is 0 Å². The van der Waals surface area contributed by atoms with Gasteiger partial charge in [0, 0.05) is 5.41 Å². The van der Waals surface area contributed by atoms with E-state index in [2.05, 4.69) is 16.2 Å². The van der Waals surface area contributed by atoms with Gasteiger partial charge in [0.1, 0.15) is 6.04 Å². The number of amides is 1. The van der Waals surface area contributed by atoms with Crippen LogP contribution in [0.4, 0.5) is 0 Å². The van der Waals surface area contributed by atoms with Crippen molar-refractivity contribution in [3.05, 3.63) is 0 Å². The smallest absolute Gasteiger partial charge is 0.325 e. The van der Waals surface area contributed by atoms with E-state index in [1.54, 1.807) is 13.8 Å². The maximum Gasteiger partial charge on any atom is 0.325 e. The lowest BCUT2D eigenvalue weighted by atomic mass is 9.87. The summed E-state index contributed by atoms with van der Waals surface area (Å²) in [4.78, 5) is 34.2. The summed E-state index contributed by atoms with van der Waals surface area (Å²) in [5.74, 6) is -1.55. The number of nitrogens with one attached hydrogen (secondary N) is 3. The molecule has 0 saturated carbocycles. The van der Waals surface area contributed by atoms with Gasteiger partial charge in [-0.3, -0.25) is 14.4 Å². The molecule has 4 N–H and O–H groups in total. The highest BCUT2D eigenvalue weighted by atomic mass is 16.4. The SMILES string of the molecule is CC(NC(=O)[C@H](C)NN[C@@H](C)C(=O)C(C)(C)C)C(=O)O. The number of ketones is 1. The molecule has 3 atom stereocenters. The molecule has 1 unspecified atom stereocenters. The van der Waals surface area contributed by atoms with Crippen LogP contribution in [0.2, 0.25) is 0 Å². The Bertz CT molecular complexity index is 376. The molecule has 0 fully saturated rings. The van der Waals surface area contributed by atoms with Gasteiger partial charge in [0.15, 0.2) is 5.78 Å². The maximum absolute atomic E-state index is 11.9. The third kappa shape index (κ3) is 6.12. The fourth-order valence-corrected chi connectivity index (χ4v) is 1.43. The third-order valence-corrected chi connectivity index (χ3v) is 2.77. The van der Waals surface area contributed by atoms with E-state index in [9.17, 15) is 14.4 Å². The molecular weight excluding hydrogens is 262 g/mol. The Labute approximate surface area is 119 Å². The number of aliphatic carboxylic acids is 1. The fourth-order valence-electron chi connectivity index (χ4n) is 1.43. The number of carboxylic acid groups (broad SMARTS) is 1. The van der Waals surface area contributed by atoms with Crippen LogP contribution in [0.25, 0.3) is 0 Å². The quantitative estimate of drug-likeness (QED) is 0.493. The van der Waals surface area contributed by atoms with Crippen molar-refractivity contribution in [2.45, 2.75) is 59.7 Å². The van der Waals surface area contributed by atoms with E-state index in [1.165, 1.54) is 6.92 Å². The van der Waals surface area contributed by atoms with E-state index >= 15 is 0 Å². The molecule has 0 rings (SSSR count). The van der Waals surface area contributed by atoms with Gasteiger partial charge in [-0.2, -0.15) is 0 Å². The summed E-state index contributed by atoms with van der Waals surface area (Å²) >= 11 is 0. The van der Waals surface area contributed by atoms with Crippen LogP contribution in [0.3, 0.4) is 0 Å². The molecular formula is C13H25N3O4. The van der Waals surface area contributed by atoms with Gasteiger partial charge < -0.3 is 10.4 Å². The number of carbonyl (C=O) groups is 3. The van der Waals surface area contributed by atoms with Gasteiger partial charge in [-0.15, -0.1) is 0 Å². The molecule has 116 valence electrons. The van der Waals surface area contributed by atoms with Crippen LogP contribution in [0.1, 0.15) is 41.5 Å². The average molecular weight is 287 g/mol. The van der Waals surface area contributed by atoms with Crippen molar-refractivity contribution in [2.24, 2.45) is 5.41 Å². The Morgan fingerprint density at radius 2 is 1.35 bits per heavy atom. The van der Waals surface area contributed by atoms with Crippen LogP contribution in [0.5, 0.6) is 0 Å². The summed E-state index contributed by atoms with van der Waals surface area (Å²) in [7, 11) is 0. The van der Waals surface area contributed by atoms with Crippen molar-refractivity contribution in [3.8, 4) is 0 Å². The van der Waals surface area contributed by atoms with E-state index in [4.69, 9.17) is 5.11 Å². The maximum atomic E-state index is 11.9. The fraction of sp³-hybridized carbons (Fsp3) is 0.769. The van der Waals surface area contributed by atoms with Crippen LogP contribution >= 0.6 is 0 Å². The molecule has 0 aromatic carbocycles. The van der Waals surface area contributed by atoms with Gasteiger partial charge in [-0.25, -0.2) is 10.9 Å². The number of hydrazine groups is 1. The lowest BCUT2D eigenvalue weighted by Gasteiger charge is -2.24. The van der Waals surface area contributed by atoms with Crippen molar-refractivity contribution < 1.29 is 19.5 Å². The number of hydrogen-bond acceptors (Lipinski definition) is 5. The number of Topliss-reactive ketones (excluding diaryl/α,β-unsaturated/α-hetero) is 1. The van der Waals surface area contributed by atoms with Crippen LogP contribution in [-0.2, 0) is 14.4 Å². The number of rotatable bonds is 7. The van der Waals surface area contributed by atoms with E-state index in [1.807, 2.05) is 20.8 Å². The van der Waals surface area contributed by atoms with Gasteiger partial charge in [0.05, 0.1) is 12.1 Å². The van der Waals surface area contributed by atoms with Crippen molar-refractivity contribution in [3.63, 3.8) is 0 Å². The van der Waals surface area contributed by atoms with Gasteiger partial charge >= 0.3 is 5.97 Å². The molecule has 0 aromatic heterocycles. The molecule has 1 amide bonds. The lowest BCUT2D eigenvalue weighted by Crippen LogP contribution is -2.55. The molecule has 0 aliphatic carbocycles. The highest BCUT2D eigenvalue weighted by Crippen LogP contribution is 2.16. The topological polar surface area (TPSA) is 108 Å². The van der Waals surface area contributed by atoms with Gasteiger partial charge in [0.25, 0.3) is 0 Å². The van der Waals surface area contributed by atoms with E-state index in [-0.39, 0.29) is 5.78 Å². The zero-order valence-electron chi connectivity index (χ0n) is 12.9. The summed E-state index contributed by atoms with van der Waals surface area (Å²) in [5.41, 5.74) is 4.99. The predicted molar refractivity (Wildman–Crippen MR) is 74.9 cm³/mol. The second kappa shape index (κ2) is 7.35. The first-order valence-corrected chi connectivity index (χ1v) is 6.55. The molecule has 0 bridgehead atoms. The van der Waals surface area contributed by atoms with Crippen molar-refractivity contribution in [1.29, 1.82) is 0 Å². The van der Waals surface area contributed by atoms with Crippen molar-refractivity contribution >= 4 is 17.7 Å². The standard InChI is InChI=1S/C13H25N3O4/c1-7(10(17)13(4,5)6)15-16-8(2)11(18)14-9(3)12(19)20/h7-9,15-16H,1-6H3,(H,14,18)(H,19,20)/t7-,8-,9?/m0/s1. The van der Waals surface area contributed by atoms with Gasteiger partial charge in [0.2, 0.25) is 5.91 Å². The lowest BCUT2D eigenvalue weighted by molar-refractivity contribution is -0.141. The molecule has 0 aliphatic rings. The van der Waals surface area contributed by atoms with E-state index in [0.29, 0.717) is 0 Å². The Balaban J connectivity index is 4.29. The second-order valence-corrected chi connectivity index (χ2v) is 5.91. The number of hydrogen-bond donors (Lipinski definition) is 4. The molecule has 0 spiro atoms. The van der Waals surface area contributed by atoms with Crippen LogP contribution < -0.4 is 16.2 Å². The predicted octanol–water partition coefficient (Wildman–Crippen LogP) is 0.0621. The highest BCUT2D eigenvalue weighted by molar-refractivity contribution is 5.88. The normalized spacial score (nSPS) is 16.1. The molecule has 7 heteroatoms. The van der Waals surface area contributed by atoms with Crippen LogP contribution in [0, 0.1) is 5.41 Å². The zero-order chi connectivity index (χ0) is 16.1. The van der Waals surface area contributed by atoms with Crippen molar-refractivity contribution in [1.82, 2.24) is 16.2 Å². The Kier molecular flexibility index (Phi) is 6.81. The van der Waals surface area contributed by atoms with Gasteiger partial charge in [-0.05, 0) is 20.8 Å². The van der Waals surface area contributed by atoms with Crippen molar-refractivity contribution in [2.75, 3.05) is 0 Å². The zero-order valence-corrected chi connectivity index (χ0v) is 12.9. The average Bonchev–Trinajstić information content (AvgIpc) is 2.32. The molecule has 0 heterocycles. The molecule has 0 radical (unpaired) electrons. The van der Waals surface area contributed by atoms with E-state index < -0.39 is 35.4 Å². The summed E-state index contributed by atoms with van der Waals surface area (Å²) in [6.07, 6.45) is 0. The van der Waals surface area contributed by atoms with Crippen LogP contribution in [-0.4, -0.2) is 40.9 Å². The van der Waals surface area contributed by atoms with Crippen LogP contribution in [0.15, 0.2) is 0 Å². The minimum Gasteiger partial charge on any atom is -0.480 e. The molecule has 0 saturated heterocycles. The highest BCUT2D eigenvalue weighted by Gasteiger charge is 2.27. The third-order valence-electron chi connectivity index (χ3n) is 2.77. The second-order valence-electron chi connectivity index (χ2n) is 5.91. The first-order valence-electron chi connectivity index (χ1n) is 6.55. The minimum absolute atomic E-state index is 0.0107. The Hall–Kier alpha value is -1.47.